The lowest BCUT2D eigenvalue weighted by Crippen LogP contribution is -2.39. The van der Waals surface area contributed by atoms with Crippen molar-refractivity contribution in [2.75, 3.05) is 13.1 Å². The Balaban J connectivity index is 1.67. The SMILES string of the molecule is O=C(c1cc2c(nc3sccn32)s1)N1CCC(O)CC1. The highest BCUT2D eigenvalue weighted by molar-refractivity contribution is 7.21. The van der Waals surface area contributed by atoms with Crippen molar-refractivity contribution in [3.63, 3.8) is 0 Å². The van der Waals surface area contributed by atoms with Gasteiger partial charge in [0.05, 0.1) is 16.5 Å². The molecule has 1 N–H and O–H groups in total. The molecular weight excluding hydrogens is 294 g/mol. The maximum Gasteiger partial charge on any atom is 0.264 e. The van der Waals surface area contributed by atoms with E-state index in [2.05, 4.69) is 4.98 Å². The Morgan fingerprint density at radius 3 is 3.00 bits per heavy atom. The van der Waals surface area contributed by atoms with Crippen LogP contribution in [0, 0.1) is 0 Å². The molecule has 0 atom stereocenters. The first kappa shape index (κ1) is 12.3. The average molecular weight is 307 g/mol. The van der Waals surface area contributed by atoms with Crippen LogP contribution < -0.4 is 0 Å². The number of thiophene rings is 1. The number of hydrogen-bond donors (Lipinski definition) is 1. The molecular formula is C13H13N3O2S2. The van der Waals surface area contributed by atoms with E-state index in [0.717, 1.165) is 20.2 Å². The fraction of sp³-hybridized carbons (Fsp3) is 0.385. The maximum atomic E-state index is 12.5. The molecule has 4 rings (SSSR count). The molecule has 1 saturated heterocycles. The number of fused-ring (bicyclic) bond motifs is 3. The minimum Gasteiger partial charge on any atom is -0.393 e. The molecule has 0 aliphatic carbocycles. The Hall–Kier alpha value is -1.44. The Morgan fingerprint density at radius 1 is 1.40 bits per heavy atom. The summed E-state index contributed by atoms with van der Waals surface area (Å²) >= 11 is 3.05. The topological polar surface area (TPSA) is 57.8 Å². The minimum absolute atomic E-state index is 0.0591. The Morgan fingerprint density at radius 2 is 2.20 bits per heavy atom. The summed E-state index contributed by atoms with van der Waals surface area (Å²) in [4.78, 5) is 21.4. The van der Waals surface area contributed by atoms with Gasteiger partial charge in [0.2, 0.25) is 0 Å². The molecule has 0 bridgehead atoms. The van der Waals surface area contributed by atoms with Gasteiger partial charge in [0, 0.05) is 24.7 Å². The maximum absolute atomic E-state index is 12.5. The molecule has 5 nitrogen and oxygen atoms in total. The van der Waals surface area contributed by atoms with Gasteiger partial charge in [0.15, 0.2) is 4.96 Å². The number of rotatable bonds is 1. The number of aliphatic hydroxyl groups is 1. The van der Waals surface area contributed by atoms with Gasteiger partial charge in [-0.1, -0.05) is 0 Å². The van der Waals surface area contributed by atoms with Gasteiger partial charge in [0.1, 0.15) is 4.83 Å². The number of piperidine rings is 1. The number of aliphatic hydroxyl groups excluding tert-OH is 1. The van der Waals surface area contributed by atoms with Crippen LogP contribution in [0.4, 0.5) is 0 Å². The lowest BCUT2D eigenvalue weighted by molar-refractivity contribution is 0.0551. The molecule has 0 unspecified atom stereocenters. The monoisotopic (exact) mass is 307 g/mol. The normalized spacial score (nSPS) is 17.4. The summed E-state index contributed by atoms with van der Waals surface area (Å²) in [5, 5.41) is 11.5. The summed E-state index contributed by atoms with van der Waals surface area (Å²) in [6.07, 6.45) is 3.06. The van der Waals surface area contributed by atoms with Gasteiger partial charge in [0.25, 0.3) is 5.91 Å². The van der Waals surface area contributed by atoms with Gasteiger partial charge in [-0.15, -0.1) is 22.7 Å². The number of carbonyl (C=O) groups excluding carboxylic acids is 1. The zero-order valence-corrected chi connectivity index (χ0v) is 12.3. The lowest BCUT2D eigenvalue weighted by Gasteiger charge is -2.29. The quantitative estimate of drug-likeness (QED) is 0.750. The fourth-order valence-electron chi connectivity index (χ4n) is 2.58. The van der Waals surface area contributed by atoms with Crippen molar-refractivity contribution < 1.29 is 9.90 Å². The number of nitrogens with zero attached hydrogens (tertiary/aromatic N) is 3. The second-order valence-electron chi connectivity index (χ2n) is 4.99. The number of hydrogen-bond acceptors (Lipinski definition) is 5. The summed E-state index contributed by atoms with van der Waals surface area (Å²) in [6.45, 7) is 1.27. The van der Waals surface area contributed by atoms with Crippen LogP contribution in [0.2, 0.25) is 0 Å². The molecule has 7 heteroatoms. The zero-order chi connectivity index (χ0) is 13.7. The molecule has 3 aromatic rings. The number of imidazole rings is 1. The summed E-state index contributed by atoms with van der Waals surface area (Å²) in [7, 11) is 0. The van der Waals surface area contributed by atoms with Crippen molar-refractivity contribution in [1.82, 2.24) is 14.3 Å². The molecule has 4 heterocycles. The predicted octanol–water partition coefficient (Wildman–Crippen LogP) is 2.21. The van der Waals surface area contributed by atoms with E-state index in [1.165, 1.54) is 11.3 Å². The van der Waals surface area contributed by atoms with E-state index in [1.807, 2.05) is 26.9 Å². The van der Waals surface area contributed by atoms with Crippen LogP contribution in [-0.4, -0.2) is 44.5 Å². The lowest BCUT2D eigenvalue weighted by atomic mass is 10.1. The number of aromatic nitrogens is 2. The van der Waals surface area contributed by atoms with Gasteiger partial charge >= 0.3 is 0 Å². The van der Waals surface area contributed by atoms with E-state index in [9.17, 15) is 9.90 Å². The molecule has 0 aromatic carbocycles. The Kier molecular flexibility index (Phi) is 2.80. The van der Waals surface area contributed by atoms with Gasteiger partial charge in [-0.25, -0.2) is 4.98 Å². The van der Waals surface area contributed by atoms with Gasteiger partial charge in [-0.3, -0.25) is 9.20 Å². The molecule has 1 fully saturated rings. The van der Waals surface area contributed by atoms with Crippen LogP contribution >= 0.6 is 22.7 Å². The first-order valence-corrected chi connectivity index (χ1v) is 8.24. The molecule has 20 heavy (non-hydrogen) atoms. The van der Waals surface area contributed by atoms with Crippen LogP contribution in [0.3, 0.4) is 0 Å². The summed E-state index contributed by atoms with van der Waals surface area (Å²) in [5.74, 6) is 0.0591. The minimum atomic E-state index is -0.258. The number of likely N-dealkylation sites (tertiary alicyclic amines) is 1. The van der Waals surface area contributed by atoms with E-state index in [1.54, 1.807) is 11.3 Å². The largest absolute Gasteiger partial charge is 0.393 e. The molecule has 1 amide bonds. The van der Waals surface area contributed by atoms with Crippen molar-refractivity contribution in [2.24, 2.45) is 0 Å². The van der Waals surface area contributed by atoms with Crippen LogP contribution in [0.25, 0.3) is 15.3 Å². The molecule has 0 radical (unpaired) electrons. The molecule has 1 aliphatic rings. The molecule has 3 aromatic heterocycles. The van der Waals surface area contributed by atoms with Crippen molar-refractivity contribution in [2.45, 2.75) is 18.9 Å². The van der Waals surface area contributed by atoms with Crippen LogP contribution in [0.5, 0.6) is 0 Å². The zero-order valence-electron chi connectivity index (χ0n) is 10.7. The standard InChI is InChI=1S/C13H13N3O2S2/c17-8-1-3-15(4-2-8)12(18)10-7-9-11(20-10)14-13-16(9)5-6-19-13/h5-8,17H,1-4H2. The first-order valence-electron chi connectivity index (χ1n) is 6.55. The second-order valence-corrected chi connectivity index (χ2v) is 6.90. The average Bonchev–Trinajstić information content (AvgIpc) is 3.09. The van der Waals surface area contributed by atoms with Gasteiger partial charge in [-0.2, -0.15) is 0 Å². The van der Waals surface area contributed by atoms with Crippen LogP contribution in [0.15, 0.2) is 17.6 Å². The van der Waals surface area contributed by atoms with Gasteiger partial charge < -0.3 is 10.0 Å². The highest BCUT2D eigenvalue weighted by Crippen LogP contribution is 2.29. The summed E-state index contributed by atoms with van der Waals surface area (Å²) < 4.78 is 2.02. The van der Waals surface area contributed by atoms with Crippen molar-refractivity contribution in [1.29, 1.82) is 0 Å². The first-order chi connectivity index (χ1) is 9.72. The number of thiazole rings is 1. The summed E-state index contributed by atoms with van der Waals surface area (Å²) in [6, 6.07) is 1.93. The predicted molar refractivity (Wildman–Crippen MR) is 79.6 cm³/mol. The third kappa shape index (κ3) is 1.85. The highest BCUT2D eigenvalue weighted by atomic mass is 32.1. The third-order valence-electron chi connectivity index (χ3n) is 3.70. The fourth-order valence-corrected chi connectivity index (χ4v) is 4.35. The van der Waals surface area contributed by atoms with Crippen LogP contribution in [0.1, 0.15) is 22.5 Å². The summed E-state index contributed by atoms with van der Waals surface area (Å²) in [5.41, 5.74) is 1.01. The molecule has 104 valence electrons. The van der Waals surface area contributed by atoms with Crippen molar-refractivity contribution >= 4 is 43.9 Å². The smallest absolute Gasteiger partial charge is 0.264 e. The molecule has 0 spiro atoms. The molecule has 1 aliphatic heterocycles. The Bertz CT molecular complexity index is 780. The third-order valence-corrected chi connectivity index (χ3v) is 5.46. The molecule has 0 saturated carbocycles. The van der Waals surface area contributed by atoms with Gasteiger partial charge in [-0.05, 0) is 18.9 Å². The Labute approximate surface area is 123 Å². The van der Waals surface area contributed by atoms with Crippen LogP contribution in [-0.2, 0) is 0 Å². The van der Waals surface area contributed by atoms with E-state index in [-0.39, 0.29) is 12.0 Å². The van der Waals surface area contributed by atoms with Crippen molar-refractivity contribution in [3.05, 3.63) is 22.5 Å². The second kappa shape index (κ2) is 4.54. The number of carbonyl (C=O) groups is 1. The number of amides is 1. The van der Waals surface area contributed by atoms with E-state index in [0.29, 0.717) is 25.9 Å². The van der Waals surface area contributed by atoms with E-state index in [4.69, 9.17) is 0 Å². The van der Waals surface area contributed by atoms with E-state index >= 15 is 0 Å². The van der Waals surface area contributed by atoms with E-state index < -0.39 is 0 Å². The van der Waals surface area contributed by atoms with Crippen molar-refractivity contribution in [3.8, 4) is 0 Å². The highest BCUT2D eigenvalue weighted by Gasteiger charge is 2.24.